The minimum Gasteiger partial charge on any atom is -0.378 e. The molecule has 1 aromatic carbocycles. The van der Waals surface area contributed by atoms with Crippen LogP contribution >= 0.6 is 22.9 Å². The fourth-order valence-corrected chi connectivity index (χ4v) is 5.95. The van der Waals surface area contributed by atoms with Crippen LogP contribution in [-0.2, 0) is 9.59 Å². The summed E-state index contributed by atoms with van der Waals surface area (Å²) in [5, 5.41) is 2.90. The first-order valence-electron chi connectivity index (χ1n) is 12.0. The Morgan fingerprint density at radius 3 is 2.39 bits per heavy atom. The third kappa shape index (κ3) is 5.27. The monoisotopic (exact) mass is 530 g/mol. The maximum Gasteiger partial charge on any atom is 0.264 e. The number of benzene rings is 1. The van der Waals surface area contributed by atoms with E-state index in [1.165, 1.54) is 11.3 Å². The number of carbonyl (C=O) groups is 4. The number of halogens is 1. The average molecular weight is 531 g/mol. The minimum atomic E-state index is -0.765. The Kier molecular flexibility index (Phi) is 7.70. The Hall–Kier alpha value is -2.91. The lowest BCUT2D eigenvalue weighted by atomic mass is 10.0. The molecule has 192 valence electrons. The van der Waals surface area contributed by atoms with Crippen LogP contribution < -0.4 is 10.2 Å². The van der Waals surface area contributed by atoms with Crippen LogP contribution in [-0.4, -0.2) is 78.6 Å². The number of fused-ring (bicyclic) bond motifs is 1. The summed E-state index contributed by atoms with van der Waals surface area (Å²) in [6, 6.07) is 8.65. The van der Waals surface area contributed by atoms with Crippen molar-refractivity contribution < 1.29 is 19.2 Å². The molecule has 10 heteroatoms. The molecular formula is C26H31ClN4O4S. The van der Waals surface area contributed by atoms with Crippen LogP contribution in [0.25, 0.3) is 0 Å². The van der Waals surface area contributed by atoms with Crippen molar-refractivity contribution in [2.45, 2.75) is 44.8 Å². The maximum absolute atomic E-state index is 13.7. The number of nitrogens with one attached hydrogen (secondary N) is 1. The molecule has 3 amide bonds. The second-order valence-electron chi connectivity index (χ2n) is 9.93. The maximum atomic E-state index is 13.7. The van der Waals surface area contributed by atoms with E-state index < -0.39 is 12.1 Å². The number of carbonyl (C=O) groups excluding carboxylic acids is 4. The molecule has 2 aliphatic heterocycles. The summed E-state index contributed by atoms with van der Waals surface area (Å²) in [6.07, 6.45) is 0.958. The quantitative estimate of drug-likeness (QED) is 0.593. The standard InChI is InChI=1S/C26H31ClN4O4S/c1-15(2)13-18(28-24(33)16-5-7-17(8-6-16)29(3)4)25(34)30-12-11-19-23(30)20(32)14-31(19)26(35)21-9-10-22(27)36-21/h5-10,15,18-19,23H,11-14H2,1-4H3,(H,28,33)/t18-,19?,23?/m0/s1. The second kappa shape index (κ2) is 10.6. The summed E-state index contributed by atoms with van der Waals surface area (Å²) < 4.78 is 0.507. The topological polar surface area (TPSA) is 90.0 Å². The van der Waals surface area contributed by atoms with Gasteiger partial charge in [-0.1, -0.05) is 25.4 Å². The highest BCUT2D eigenvalue weighted by Gasteiger charge is 2.52. The number of amides is 3. The molecule has 2 aromatic rings. The highest BCUT2D eigenvalue weighted by molar-refractivity contribution is 7.18. The fraction of sp³-hybridized carbons (Fsp3) is 0.462. The summed E-state index contributed by atoms with van der Waals surface area (Å²) in [7, 11) is 3.84. The van der Waals surface area contributed by atoms with Gasteiger partial charge in [0.2, 0.25) is 5.91 Å². The lowest BCUT2D eigenvalue weighted by Gasteiger charge is -2.29. The molecule has 0 bridgehead atoms. The van der Waals surface area contributed by atoms with Crippen LogP contribution in [0.1, 0.15) is 46.7 Å². The van der Waals surface area contributed by atoms with Gasteiger partial charge in [-0.2, -0.15) is 0 Å². The highest BCUT2D eigenvalue weighted by atomic mass is 35.5. The van der Waals surface area contributed by atoms with Crippen LogP contribution in [0.4, 0.5) is 5.69 Å². The van der Waals surface area contributed by atoms with Crippen molar-refractivity contribution in [3.63, 3.8) is 0 Å². The summed E-state index contributed by atoms with van der Waals surface area (Å²) in [4.78, 5) is 58.2. The van der Waals surface area contributed by atoms with Gasteiger partial charge < -0.3 is 20.0 Å². The van der Waals surface area contributed by atoms with Crippen molar-refractivity contribution >= 4 is 52.1 Å². The van der Waals surface area contributed by atoms with Gasteiger partial charge in [0.05, 0.1) is 21.8 Å². The Labute approximate surface area is 220 Å². The van der Waals surface area contributed by atoms with Gasteiger partial charge in [-0.3, -0.25) is 19.2 Å². The van der Waals surface area contributed by atoms with Crippen LogP contribution in [0.2, 0.25) is 4.34 Å². The van der Waals surface area contributed by atoms with E-state index in [-0.39, 0.29) is 42.0 Å². The molecule has 3 atom stereocenters. The number of ketones is 1. The third-order valence-electron chi connectivity index (χ3n) is 6.71. The number of hydrogen-bond donors (Lipinski definition) is 1. The van der Waals surface area contributed by atoms with E-state index in [4.69, 9.17) is 11.6 Å². The number of nitrogens with zero attached hydrogens (tertiary/aromatic N) is 3. The first-order chi connectivity index (χ1) is 17.1. The highest BCUT2D eigenvalue weighted by Crippen LogP contribution is 2.33. The predicted molar refractivity (Wildman–Crippen MR) is 141 cm³/mol. The minimum absolute atomic E-state index is 0.0348. The second-order valence-corrected chi connectivity index (χ2v) is 11.6. The van der Waals surface area contributed by atoms with Crippen LogP contribution in [0.5, 0.6) is 0 Å². The smallest absolute Gasteiger partial charge is 0.264 e. The lowest BCUT2D eigenvalue weighted by Crippen LogP contribution is -2.53. The van der Waals surface area contributed by atoms with E-state index in [1.807, 2.05) is 45.0 Å². The van der Waals surface area contributed by atoms with Gasteiger partial charge in [-0.25, -0.2) is 0 Å². The van der Waals surface area contributed by atoms with E-state index >= 15 is 0 Å². The van der Waals surface area contributed by atoms with Crippen molar-refractivity contribution in [1.82, 2.24) is 15.1 Å². The van der Waals surface area contributed by atoms with E-state index in [1.54, 1.807) is 34.1 Å². The Bertz CT molecular complexity index is 1160. The number of anilines is 1. The van der Waals surface area contributed by atoms with Crippen molar-refractivity contribution in [1.29, 1.82) is 0 Å². The summed E-state index contributed by atoms with van der Waals surface area (Å²) in [6.45, 7) is 4.29. The zero-order valence-electron chi connectivity index (χ0n) is 20.9. The molecular weight excluding hydrogens is 500 g/mol. The number of hydrogen-bond acceptors (Lipinski definition) is 6. The van der Waals surface area contributed by atoms with Gasteiger partial charge in [0, 0.05) is 31.9 Å². The van der Waals surface area contributed by atoms with Crippen molar-refractivity contribution in [3.8, 4) is 0 Å². The number of Topliss-reactive ketones (excluding diaryl/α,β-unsaturated/α-hetero) is 1. The summed E-state index contributed by atoms with van der Waals surface area (Å²) in [5.74, 6) is -0.865. The Balaban J connectivity index is 1.49. The number of likely N-dealkylation sites (tertiary alicyclic amines) is 2. The molecule has 2 unspecified atom stereocenters. The summed E-state index contributed by atoms with van der Waals surface area (Å²) >= 11 is 7.17. The van der Waals surface area contributed by atoms with E-state index in [0.717, 1.165) is 5.69 Å². The van der Waals surface area contributed by atoms with Gasteiger partial charge >= 0.3 is 0 Å². The molecule has 4 rings (SSSR count). The van der Waals surface area contributed by atoms with E-state index in [2.05, 4.69) is 5.32 Å². The van der Waals surface area contributed by atoms with Gasteiger partial charge in [-0.05, 0) is 55.2 Å². The van der Waals surface area contributed by atoms with Gasteiger partial charge in [-0.15, -0.1) is 11.3 Å². The predicted octanol–water partition coefficient (Wildman–Crippen LogP) is 3.31. The molecule has 0 aliphatic carbocycles. The molecule has 0 saturated carbocycles. The van der Waals surface area contributed by atoms with E-state index in [9.17, 15) is 19.2 Å². The first-order valence-corrected chi connectivity index (χ1v) is 13.2. The summed E-state index contributed by atoms with van der Waals surface area (Å²) in [5.41, 5.74) is 1.43. The lowest BCUT2D eigenvalue weighted by molar-refractivity contribution is -0.138. The van der Waals surface area contributed by atoms with E-state index in [0.29, 0.717) is 34.2 Å². The van der Waals surface area contributed by atoms with Crippen molar-refractivity contribution in [2.24, 2.45) is 5.92 Å². The number of rotatable bonds is 7. The van der Waals surface area contributed by atoms with Crippen LogP contribution in [0.3, 0.4) is 0 Å². The average Bonchev–Trinajstić information content (AvgIpc) is 3.54. The van der Waals surface area contributed by atoms with Gasteiger partial charge in [0.15, 0.2) is 5.78 Å². The first kappa shape index (κ1) is 26.2. The van der Waals surface area contributed by atoms with Crippen molar-refractivity contribution in [2.75, 3.05) is 32.1 Å². The molecule has 2 saturated heterocycles. The largest absolute Gasteiger partial charge is 0.378 e. The Morgan fingerprint density at radius 1 is 1.11 bits per heavy atom. The Morgan fingerprint density at radius 2 is 1.81 bits per heavy atom. The molecule has 1 aromatic heterocycles. The molecule has 8 nitrogen and oxygen atoms in total. The van der Waals surface area contributed by atoms with Gasteiger partial charge in [0.25, 0.3) is 11.8 Å². The molecule has 0 spiro atoms. The van der Waals surface area contributed by atoms with Crippen LogP contribution in [0, 0.1) is 5.92 Å². The normalized spacial score (nSPS) is 20.0. The van der Waals surface area contributed by atoms with Crippen molar-refractivity contribution in [3.05, 3.63) is 51.2 Å². The molecule has 1 N–H and O–H groups in total. The molecule has 3 heterocycles. The zero-order valence-corrected chi connectivity index (χ0v) is 22.4. The SMILES string of the molecule is CC(C)C[C@H](NC(=O)c1ccc(N(C)C)cc1)C(=O)N1CCC2C1C(=O)CN2C(=O)c1ccc(Cl)s1. The fourth-order valence-electron chi connectivity index (χ4n) is 4.96. The third-order valence-corrected chi connectivity index (χ3v) is 7.93. The molecule has 0 radical (unpaired) electrons. The van der Waals surface area contributed by atoms with Gasteiger partial charge in [0.1, 0.15) is 12.1 Å². The molecule has 2 fully saturated rings. The molecule has 2 aliphatic rings. The van der Waals surface area contributed by atoms with Crippen LogP contribution in [0.15, 0.2) is 36.4 Å². The number of thiophene rings is 1. The zero-order chi connectivity index (χ0) is 26.1. The molecule has 36 heavy (non-hydrogen) atoms.